The molecule has 0 bridgehead atoms. The van der Waals surface area contributed by atoms with Gasteiger partial charge in [-0.25, -0.2) is 4.39 Å². The molecule has 0 saturated carbocycles. The van der Waals surface area contributed by atoms with Crippen molar-refractivity contribution in [3.8, 4) is 0 Å². The summed E-state index contributed by atoms with van der Waals surface area (Å²) in [6, 6.07) is 12.8. The molecular weight excluding hydrogens is 293 g/mol. The van der Waals surface area contributed by atoms with E-state index in [1.54, 1.807) is 12.1 Å². The molecule has 0 heterocycles. The molecule has 94 valence electrons. The maximum absolute atomic E-state index is 13.7. The molecule has 0 radical (unpaired) electrons. The van der Waals surface area contributed by atoms with Crippen molar-refractivity contribution < 1.29 is 4.39 Å². The van der Waals surface area contributed by atoms with Crippen molar-refractivity contribution in [3.63, 3.8) is 0 Å². The van der Waals surface area contributed by atoms with Gasteiger partial charge in [0.25, 0.3) is 0 Å². The van der Waals surface area contributed by atoms with E-state index in [1.165, 1.54) is 6.07 Å². The van der Waals surface area contributed by atoms with E-state index >= 15 is 0 Å². The van der Waals surface area contributed by atoms with E-state index < -0.39 is 0 Å². The van der Waals surface area contributed by atoms with Crippen molar-refractivity contribution in [2.45, 2.75) is 19.9 Å². The molecule has 0 amide bonds. The number of halogens is 2. The number of nitrogens with one attached hydrogen (secondary N) is 1. The second-order valence-electron chi connectivity index (χ2n) is 4.40. The Morgan fingerprint density at radius 2 is 1.89 bits per heavy atom. The summed E-state index contributed by atoms with van der Waals surface area (Å²) in [5.41, 5.74) is 2.82. The molecule has 1 N–H and O–H groups in total. The monoisotopic (exact) mass is 307 g/mol. The minimum absolute atomic E-state index is 0.0695. The molecule has 18 heavy (non-hydrogen) atoms. The summed E-state index contributed by atoms with van der Waals surface area (Å²) < 4.78 is 14.7. The Hall–Kier alpha value is -1.35. The molecule has 0 fully saturated rings. The van der Waals surface area contributed by atoms with Crippen molar-refractivity contribution >= 4 is 21.6 Å². The molecule has 3 heteroatoms. The molecule has 0 aliphatic carbocycles. The number of hydrogen-bond donors (Lipinski definition) is 1. The van der Waals surface area contributed by atoms with Crippen molar-refractivity contribution in [1.29, 1.82) is 0 Å². The van der Waals surface area contributed by atoms with Crippen molar-refractivity contribution in [3.05, 3.63) is 63.9 Å². The number of hydrogen-bond acceptors (Lipinski definition) is 1. The molecule has 1 nitrogen and oxygen atoms in total. The molecule has 1 atom stereocenters. The lowest BCUT2D eigenvalue weighted by molar-refractivity contribution is 0.600. The molecule has 0 aliphatic rings. The van der Waals surface area contributed by atoms with Gasteiger partial charge in [0.05, 0.1) is 6.04 Å². The summed E-state index contributed by atoms with van der Waals surface area (Å²) in [5, 5.41) is 3.31. The zero-order valence-electron chi connectivity index (χ0n) is 10.4. The maximum atomic E-state index is 13.7. The van der Waals surface area contributed by atoms with Crippen molar-refractivity contribution in [2.75, 3.05) is 5.32 Å². The van der Waals surface area contributed by atoms with E-state index in [9.17, 15) is 4.39 Å². The van der Waals surface area contributed by atoms with Crippen LogP contribution in [0.4, 0.5) is 10.1 Å². The Labute approximate surface area is 115 Å². The van der Waals surface area contributed by atoms with Gasteiger partial charge >= 0.3 is 0 Å². The summed E-state index contributed by atoms with van der Waals surface area (Å²) in [6.45, 7) is 3.98. The average Bonchev–Trinajstić information content (AvgIpc) is 2.27. The Bertz CT molecular complexity index is 534. The van der Waals surface area contributed by atoms with Gasteiger partial charge in [-0.15, -0.1) is 0 Å². The van der Waals surface area contributed by atoms with Gasteiger partial charge < -0.3 is 5.32 Å². The first kappa shape index (κ1) is 13.1. The summed E-state index contributed by atoms with van der Waals surface area (Å²) in [5.74, 6) is -0.177. The first-order chi connectivity index (χ1) is 8.56. The molecule has 2 aromatic rings. The van der Waals surface area contributed by atoms with E-state index in [0.717, 1.165) is 15.7 Å². The van der Waals surface area contributed by atoms with E-state index in [1.807, 2.05) is 38.1 Å². The van der Waals surface area contributed by atoms with Crippen LogP contribution in [0.25, 0.3) is 0 Å². The number of anilines is 1. The summed E-state index contributed by atoms with van der Waals surface area (Å²) in [6.07, 6.45) is 0. The Balaban J connectivity index is 2.21. The van der Waals surface area contributed by atoms with Gasteiger partial charge in [0.15, 0.2) is 0 Å². The van der Waals surface area contributed by atoms with Crippen LogP contribution < -0.4 is 5.32 Å². The molecule has 0 aromatic heterocycles. The van der Waals surface area contributed by atoms with E-state index in [2.05, 4.69) is 21.2 Å². The SMILES string of the molecule is Cc1cc(Br)cc(NC(C)c2ccccc2F)c1. The quantitative estimate of drug-likeness (QED) is 0.834. The van der Waals surface area contributed by atoms with Crippen LogP contribution in [0.1, 0.15) is 24.1 Å². The largest absolute Gasteiger partial charge is 0.378 e. The predicted octanol–water partition coefficient (Wildman–Crippen LogP) is 5.07. The lowest BCUT2D eigenvalue weighted by atomic mass is 10.1. The average molecular weight is 308 g/mol. The van der Waals surface area contributed by atoms with Crippen LogP contribution in [0.3, 0.4) is 0 Å². The van der Waals surface area contributed by atoms with E-state index in [4.69, 9.17) is 0 Å². The zero-order valence-corrected chi connectivity index (χ0v) is 12.0. The highest BCUT2D eigenvalue weighted by atomic mass is 79.9. The highest BCUT2D eigenvalue weighted by molar-refractivity contribution is 9.10. The van der Waals surface area contributed by atoms with E-state index in [0.29, 0.717) is 5.56 Å². The van der Waals surface area contributed by atoms with Crippen molar-refractivity contribution in [2.24, 2.45) is 0 Å². The molecular formula is C15H15BrFN. The van der Waals surface area contributed by atoms with Gasteiger partial charge in [-0.3, -0.25) is 0 Å². The Kier molecular flexibility index (Phi) is 4.02. The highest BCUT2D eigenvalue weighted by Crippen LogP contribution is 2.24. The highest BCUT2D eigenvalue weighted by Gasteiger charge is 2.10. The first-order valence-electron chi connectivity index (χ1n) is 5.84. The maximum Gasteiger partial charge on any atom is 0.128 e. The molecule has 1 unspecified atom stereocenters. The standard InChI is InChI=1S/C15H15BrFN/c1-10-7-12(16)9-13(8-10)18-11(2)14-5-3-4-6-15(14)17/h3-9,11,18H,1-2H3. The number of aryl methyl sites for hydroxylation is 1. The molecule has 0 saturated heterocycles. The zero-order chi connectivity index (χ0) is 13.1. The molecule has 2 rings (SSSR count). The molecule has 0 aliphatic heterocycles. The minimum atomic E-state index is -0.177. The smallest absolute Gasteiger partial charge is 0.128 e. The van der Waals surface area contributed by atoms with Crippen LogP contribution in [0.2, 0.25) is 0 Å². The Morgan fingerprint density at radius 1 is 1.17 bits per heavy atom. The lowest BCUT2D eigenvalue weighted by Crippen LogP contribution is -2.08. The van der Waals surface area contributed by atoms with Crippen LogP contribution in [-0.2, 0) is 0 Å². The fourth-order valence-electron chi connectivity index (χ4n) is 1.97. The van der Waals surface area contributed by atoms with Crippen LogP contribution in [0.15, 0.2) is 46.9 Å². The Morgan fingerprint density at radius 3 is 2.56 bits per heavy atom. The third-order valence-corrected chi connectivity index (χ3v) is 3.25. The fraction of sp³-hybridized carbons (Fsp3) is 0.200. The third kappa shape index (κ3) is 3.10. The lowest BCUT2D eigenvalue weighted by Gasteiger charge is -2.17. The summed E-state index contributed by atoms with van der Waals surface area (Å²) in [4.78, 5) is 0. The fourth-order valence-corrected chi connectivity index (χ4v) is 2.58. The van der Waals surface area contributed by atoms with Gasteiger partial charge in [0, 0.05) is 15.7 Å². The van der Waals surface area contributed by atoms with Crippen LogP contribution in [0.5, 0.6) is 0 Å². The summed E-state index contributed by atoms with van der Waals surface area (Å²) >= 11 is 3.46. The topological polar surface area (TPSA) is 12.0 Å². The van der Waals surface area contributed by atoms with Crippen LogP contribution in [-0.4, -0.2) is 0 Å². The predicted molar refractivity (Wildman–Crippen MR) is 77.3 cm³/mol. The van der Waals surface area contributed by atoms with Gasteiger partial charge in [-0.1, -0.05) is 34.1 Å². The minimum Gasteiger partial charge on any atom is -0.378 e. The molecule has 2 aromatic carbocycles. The van der Waals surface area contributed by atoms with Gasteiger partial charge in [-0.05, 0) is 43.7 Å². The normalized spacial score (nSPS) is 12.2. The number of rotatable bonds is 3. The van der Waals surface area contributed by atoms with Gasteiger partial charge in [0.2, 0.25) is 0 Å². The second kappa shape index (κ2) is 5.53. The first-order valence-corrected chi connectivity index (χ1v) is 6.64. The second-order valence-corrected chi connectivity index (χ2v) is 5.32. The van der Waals surface area contributed by atoms with Gasteiger partial charge in [-0.2, -0.15) is 0 Å². The van der Waals surface area contributed by atoms with Crippen molar-refractivity contribution in [1.82, 2.24) is 0 Å². The number of benzene rings is 2. The van der Waals surface area contributed by atoms with E-state index in [-0.39, 0.29) is 11.9 Å². The van der Waals surface area contributed by atoms with Gasteiger partial charge in [0.1, 0.15) is 5.82 Å². The summed E-state index contributed by atoms with van der Waals surface area (Å²) in [7, 11) is 0. The van der Waals surface area contributed by atoms with Crippen LogP contribution in [0, 0.1) is 12.7 Å². The van der Waals surface area contributed by atoms with Crippen LogP contribution >= 0.6 is 15.9 Å². The molecule has 0 spiro atoms. The third-order valence-electron chi connectivity index (χ3n) is 2.80.